The highest BCUT2D eigenvalue weighted by atomic mass is 17.3. The van der Waals surface area contributed by atoms with E-state index in [2.05, 4.69) is 0 Å². The maximum absolute atomic E-state index is 12.8. The summed E-state index contributed by atoms with van der Waals surface area (Å²) >= 11 is 0. The van der Waals surface area contributed by atoms with Gasteiger partial charge in [-0.1, -0.05) is 0 Å². The lowest BCUT2D eigenvalue weighted by Crippen LogP contribution is -2.59. The van der Waals surface area contributed by atoms with E-state index in [-0.39, 0.29) is 11.9 Å². The van der Waals surface area contributed by atoms with Crippen molar-refractivity contribution in [2.45, 2.75) is 94.7 Å². The first-order chi connectivity index (χ1) is 14.0. The monoisotopic (exact) mass is 404 g/mol. The molecule has 4 bridgehead atoms. The second kappa shape index (κ2) is 6.91. The summed E-state index contributed by atoms with van der Waals surface area (Å²) in [5.74, 6) is 2.23. The highest BCUT2D eigenvalue weighted by Gasteiger charge is 2.67. The van der Waals surface area contributed by atoms with Gasteiger partial charge in [-0.25, -0.2) is 0 Å². The molecule has 1 unspecified atom stereocenters. The van der Waals surface area contributed by atoms with Crippen LogP contribution in [0.25, 0.3) is 0 Å². The highest BCUT2D eigenvalue weighted by molar-refractivity contribution is 5.76. The average Bonchev–Trinajstić information content (AvgIpc) is 3.06. The number of hydrogen-bond acceptors (Lipinski definition) is 5. The fraction of sp³-hybridized carbons (Fsp3) is 0.957. The lowest BCUT2D eigenvalue weighted by molar-refractivity contribution is -0.390. The molecule has 2 heterocycles. The van der Waals surface area contributed by atoms with Crippen molar-refractivity contribution in [3.8, 4) is 0 Å². The minimum absolute atomic E-state index is 0.256. The Morgan fingerprint density at radius 2 is 1.66 bits per heavy atom. The van der Waals surface area contributed by atoms with E-state index >= 15 is 0 Å². The lowest BCUT2D eigenvalue weighted by atomic mass is 9.53. The Morgan fingerprint density at radius 3 is 2.34 bits per heavy atom. The summed E-state index contributed by atoms with van der Waals surface area (Å²) in [5, 5.41) is 0. The number of nitrogens with zero attached hydrogens (tertiary/aromatic N) is 1. The summed E-state index contributed by atoms with van der Waals surface area (Å²) in [5.41, 5.74) is 5.99. The molecule has 7 fully saturated rings. The van der Waals surface area contributed by atoms with Crippen LogP contribution >= 0.6 is 0 Å². The topological polar surface area (TPSA) is 74.0 Å². The predicted octanol–water partition coefficient (Wildman–Crippen LogP) is 3.34. The Kier molecular flexibility index (Phi) is 4.53. The van der Waals surface area contributed by atoms with Gasteiger partial charge in [0.2, 0.25) is 17.5 Å². The van der Waals surface area contributed by atoms with Crippen LogP contribution in [0.1, 0.15) is 77.0 Å². The molecular weight excluding hydrogens is 368 g/mol. The van der Waals surface area contributed by atoms with Gasteiger partial charge in [0.05, 0.1) is 0 Å². The van der Waals surface area contributed by atoms with Crippen molar-refractivity contribution in [2.24, 2.45) is 35.3 Å². The van der Waals surface area contributed by atoms with Crippen LogP contribution in [0.2, 0.25) is 0 Å². The SMILES string of the molecule is NC1CCN(C(=O)CC2CCC[C@]3(C2)OOC2(O3)C3CC4CC(C3)CC2C4)CC1. The van der Waals surface area contributed by atoms with Crippen molar-refractivity contribution >= 4 is 5.91 Å². The van der Waals surface area contributed by atoms with Crippen LogP contribution in [0.4, 0.5) is 0 Å². The number of likely N-dealkylation sites (tertiary alicyclic amines) is 1. The molecule has 2 aliphatic heterocycles. The van der Waals surface area contributed by atoms with Crippen molar-refractivity contribution in [2.75, 3.05) is 13.1 Å². The van der Waals surface area contributed by atoms with Gasteiger partial charge in [0.15, 0.2) is 0 Å². The van der Waals surface area contributed by atoms with E-state index in [0.29, 0.717) is 24.2 Å². The third-order valence-corrected chi connectivity index (χ3v) is 9.07. The Hall–Kier alpha value is -0.690. The van der Waals surface area contributed by atoms with Crippen molar-refractivity contribution in [1.82, 2.24) is 4.90 Å². The average molecular weight is 405 g/mol. The van der Waals surface area contributed by atoms with Gasteiger partial charge in [0.25, 0.3) is 0 Å². The van der Waals surface area contributed by atoms with Gasteiger partial charge in [-0.3, -0.25) is 4.79 Å². The second-order valence-electron chi connectivity index (χ2n) is 11.1. The van der Waals surface area contributed by atoms with Crippen molar-refractivity contribution in [1.29, 1.82) is 0 Å². The Morgan fingerprint density at radius 1 is 0.966 bits per heavy atom. The summed E-state index contributed by atoms with van der Waals surface area (Å²) < 4.78 is 6.84. The van der Waals surface area contributed by atoms with Gasteiger partial charge < -0.3 is 15.4 Å². The molecule has 5 aliphatic carbocycles. The minimum Gasteiger partial charge on any atom is -0.343 e. The van der Waals surface area contributed by atoms with Gasteiger partial charge >= 0.3 is 0 Å². The van der Waals surface area contributed by atoms with Crippen molar-refractivity contribution in [3.05, 3.63) is 0 Å². The van der Waals surface area contributed by atoms with Crippen LogP contribution in [0.15, 0.2) is 0 Å². The second-order valence-corrected chi connectivity index (χ2v) is 11.1. The number of carbonyl (C=O) groups is 1. The Labute approximate surface area is 173 Å². The summed E-state index contributed by atoms with van der Waals surface area (Å²) in [6, 6.07) is 0.256. The van der Waals surface area contributed by atoms with Crippen molar-refractivity contribution < 1.29 is 19.3 Å². The molecule has 2 spiro atoms. The zero-order valence-electron chi connectivity index (χ0n) is 17.5. The summed E-state index contributed by atoms with van der Waals surface area (Å²) in [7, 11) is 0. The molecule has 2 N–H and O–H groups in total. The van der Waals surface area contributed by atoms with Crippen LogP contribution in [-0.4, -0.2) is 41.5 Å². The quantitative estimate of drug-likeness (QED) is 0.715. The fourth-order valence-electron chi connectivity index (χ4n) is 7.78. The fourth-order valence-corrected chi connectivity index (χ4v) is 7.78. The van der Waals surface area contributed by atoms with Crippen LogP contribution in [0, 0.1) is 29.6 Å². The number of piperidine rings is 1. The first kappa shape index (κ1) is 19.0. The molecule has 0 aromatic heterocycles. The largest absolute Gasteiger partial charge is 0.343 e. The number of amides is 1. The molecule has 0 aromatic rings. The van der Waals surface area contributed by atoms with Gasteiger partial charge in [-0.2, -0.15) is 9.78 Å². The van der Waals surface area contributed by atoms with Gasteiger partial charge in [0.1, 0.15) is 0 Å². The number of nitrogens with two attached hydrogens (primary N) is 1. The molecule has 7 rings (SSSR count). The molecule has 1 amide bonds. The molecule has 5 saturated carbocycles. The van der Waals surface area contributed by atoms with Crippen LogP contribution in [-0.2, 0) is 19.3 Å². The summed E-state index contributed by atoms with van der Waals surface area (Å²) in [6.45, 7) is 1.62. The molecule has 2 saturated heterocycles. The third-order valence-electron chi connectivity index (χ3n) is 9.07. The molecule has 6 nitrogen and oxygen atoms in total. The lowest BCUT2D eigenvalue weighted by Gasteiger charge is -2.57. The van der Waals surface area contributed by atoms with Crippen LogP contribution in [0.3, 0.4) is 0 Å². The Balaban J connectivity index is 1.12. The number of ether oxygens (including phenoxy) is 1. The highest BCUT2D eigenvalue weighted by Crippen LogP contribution is 2.64. The molecule has 6 heteroatoms. The molecule has 2 atom stereocenters. The molecule has 0 radical (unpaired) electrons. The van der Waals surface area contributed by atoms with E-state index in [4.69, 9.17) is 20.2 Å². The van der Waals surface area contributed by atoms with Crippen molar-refractivity contribution in [3.63, 3.8) is 0 Å². The maximum Gasteiger partial charge on any atom is 0.222 e. The molecule has 7 aliphatic rings. The molecular formula is C23H36N2O4. The van der Waals surface area contributed by atoms with E-state index in [0.717, 1.165) is 63.5 Å². The van der Waals surface area contributed by atoms with E-state index in [9.17, 15) is 4.79 Å². The van der Waals surface area contributed by atoms with Crippen LogP contribution < -0.4 is 5.73 Å². The molecule has 29 heavy (non-hydrogen) atoms. The maximum atomic E-state index is 12.8. The van der Waals surface area contributed by atoms with E-state index in [1.54, 1.807) is 0 Å². The van der Waals surface area contributed by atoms with E-state index in [1.165, 1.54) is 32.1 Å². The van der Waals surface area contributed by atoms with Gasteiger partial charge in [-0.05, 0) is 75.5 Å². The third kappa shape index (κ3) is 3.17. The Bertz CT molecular complexity index is 633. The standard InChI is InChI=1S/C23H36N2O4/c24-20-3-6-25(7-4-20)21(26)13-15-2-1-5-22(14-15)27-23(29-28-22)18-9-16-8-17(11-18)12-19(23)10-16/h15-20H,1-14,24H2/t15?,16?,17?,18?,19?,22-,23?/m1/s1. The first-order valence-electron chi connectivity index (χ1n) is 12.1. The van der Waals surface area contributed by atoms with Gasteiger partial charge in [-0.15, -0.1) is 0 Å². The molecule has 162 valence electrons. The normalized spacial score (nSPS) is 49.4. The predicted molar refractivity (Wildman–Crippen MR) is 106 cm³/mol. The molecule has 0 aromatic carbocycles. The zero-order chi connectivity index (χ0) is 19.6. The number of hydrogen-bond donors (Lipinski definition) is 1. The number of rotatable bonds is 2. The van der Waals surface area contributed by atoms with Gasteiger partial charge in [0, 0.05) is 50.2 Å². The minimum atomic E-state index is -0.622. The van der Waals surface area contributed by atoms with E-state index < -0.39 is 11.6 Å². The summed E-state index contributed by atoms with van der Waals surface area (Å²) in [4.78, 5) is 27.1. The van der Waals surface area contributed by atoms with E-state index in [1.807, 2.05) is 4.90 Å². The first-order valence-corrected chi connectivity index (χ1v) is 12.1. The zero-order valence-corrected chi connectivity index (χ0v) is 17.5. The summed E-state index contributed by atoms with van der Waals surface area (Å²) in [6.07, 6.45) is 12.6. The number of carbonyl (C=O) groups excluding carboxylic acids is 1. The smallest absolute Gasteiger partial charge is 0.222 e. The van der Waals surface area contributed by atoms with Crippen LogP contribution in [0.5, 0.6) is 0 Å².